The second-order valence-electron chi connectivity index (χ2n) is 6.37. The van der Waals surface area contributed by atoms with E-state index >= 15 is 0 Å². The van der Waals surface area contributed by atoms with Crippen LogP contribution in [0.1, 0.15) is 55.5 Å². The van der Waals surface area contributed by atoms with Crippen LogP contribution >= 0.6 is 11.3 Å². The van der Waals surface area contributed by atoms with Crippen molar-refractivity contribution in [3.63, 3.8) is 0 Å². The minimum absolute atomic E-state index is 0.0411. The summed E-state index contributed by atoms with van der Waals surface area (Å²) in [5.74, 6) is 0.526. The third-order valence-corrected chi connectivity index (χ3v) is 5.17. The molecule has 1 aliphatic heterocycles. The maximum absolute atomic E-state index is 12.2. The highest BCUT2D eigenvalue weighted by atomic mass is 32.1. The van der Waals surface area contributed by atoms with Crippen molar-refractivity contribution in [1.82, 2.24) is 10.3 Å². The van der Waals surface area contributed by atoms with Gasteiger partial charge in [0.25, 0.3) is 5.91 Å². The van der Waals surface area contributed by atoms with Gasteiger partial charge in [0, 0.05) is 31.6 Å². The van der Waals surface area contributed by atoms with Crippen molar-refractivity contribution in [2.75, 3.05) is 19.8 Å². The van der Waals surface area contributed by atoms with Crippen LogP contribution in [0.2, 0.25) is 0 Å². The van der Waals surface area contributed by atoms with Gasteiger partial charge in [0.15, 0.2) is 0 Å². The Kier molecular flexibility index (Phi) is 5.76. The summed E-state index contributed by atoms with van der Waals surface area (Å²) in [5, 5.41) is 6.00. The Balaban J connectivity index is 1.90. The molecule has 2 heterocycles. The van der Waals surface area contributed by atoms with Crippen LogP contribution in [0.4, 0.5) is 0 Å². The average molecular weight is 310 g/mol. The molecule has 1 saturated heterocycles. The molecule has 1 aliphatic rings. The molecule has 0 spiro atoms. The molecule has 0 radical (unpaired) electrons. The number of amides is 1. The van der Waals surface area contributed by atoms with Crippen molar-refractivity contribution < 1.29 is 9.53 Å². The van der Waals surface area contributed by atoms with Gasteiger partial charge in [-0.25, -0.2) is 4.98 Å². The van der Waals surface area contributed by atoms with Crippen LogP contribution in [0.3, 0.4) is 0 Å². The van der Waals surface area contributed by atoms with Crippen LogP contribution in [-0.2, 0) is 11.2 Å². The van der Waals surface area contributed by atoms with E-state index in [4.69, 9.17) is 4.74 Å². The maximum Gasteiger partial charge on any atom is 0.270 e. The SMILES string of the molecule is CCC1(CNC(=O)c2csc(CC(C)C)n2)CCOCC1. The lowest BCUT2D eigenvalue weighted by Gasteiger charge is -2.36. The molecule has 5 heteroatoms. The summed E-state index contributed by atoms with van der Waals surface area (Å²) in [6.07, 6.45) is 4.07. The first-order chi connectivity index (χ1) is 10.0. The van der Waals surface area contributed by atoms with Crippen molar-refractivity contribution in [2.45, 2.75) is 46.5 Å². The Morgan fingerprint density at radius 2 is 2.19 bits per heavy atom. The number of hydrogen-bond acceptors (Lipinski definition) is 4. The number of hydrogen-bond donors (Lipinski definition) is 1. The van der Waals surface area contributed by atoms with Crippen molar-refractivity contribution in [1.29, 1.82) is 0 Å². The summed E-state index contributed by atoms with van der Waals surface area (Å²) in [6.45, 7) is 8.86. The zero-order chi connectivity index (χ0) is 15.3. The second kappa shape index (κ2) is 7.36. The van der Waals surface area contributed by atoms with Crippen molar-refractivity contribution in [3.05, 3.63) is 16.1 Å². The molecule has 0 aromatic carbocycles. The molecule has 0 atom stereocenters. The highest BCUT2D eigenvalue weighted by Crippen LogP contribution is 2.33. The van der Waals surface area contributed by atoms with Crippen LogP contribution < -0.4 is 5.32 Å². The van der Waals surface area contributed by atoms with Crippen molar-refractivity contribution >= 4 is 17.2 Å². The number of carbonyl (C=O) groups is 1. The normalized spacial score (nSPS) is 17.9. The quantitative estimate of drug-likeness (QED) is 0.877. The summed E-state index contributed by atoms with van der Waals surface area (Å²) in [7, 11) is 0. The largest absolute Gasteiger partial charge is 0.381 e. The van der Waals surface area contributed by atoms with Crippen LogP contribution in [0.15, 0.2) is 5.38 Å². The van der Waals surface area contributed by atoms with E-state index in [1.165, 1.54) is 0 Å². The van der Waals surface area contributed by atoms with Crippen LogP contribution in [0, 0.1) is 11.3 Å². The number of ether oxygens (including phenoxy) is 1. The van der Waals surface area contributed by atoms with E-state index in [9.17, 15) is 4.79 Å². The molecule has 21 heavy (non-hydrogen) atoms. The van der Waals surface area contributed by atoms with Gasteiger partial charge in [0.05, 0.1) is 5.01 Å². The molecule has 1 aromatic rings. The molecule has 1 N–H and O–H groups in total. The number of nitrogens with zero attached hydrogens (tertiary/aromatic N) is 1. The standard InChI is InChI=1S/C16H26N2O2S/c1-4-16(5-7-20-8-6-16)11-17-15(19)13-10-21-14(18-13)9-12(2)3/h10,12H,4-9,11H2,1-3H3,(H,17,19). The van der Waals surface area contributed by atoms with Crippen LogP contribution in [0.5, 0.6) is 0 Å². The summed E-state index contributed by atoms with van der Waals surface area (Å²) < 4.78 is 5.43. The molecular formula is C16H26N2O2S. The van der Waals surface area contributed by atoms with Crippen LogP contribution in [-0.4, -0.2) is 30.6 Å². The number of carbonyl (C=O) groups excluding carboxylic acids is 1. The predicted octanol–water partition coefficient (Wildman–Crippen LogP) is 3.28. The zero-order valence-electron chi connectivity index (χ0n) is 13.3. The van der Waals surface area contributed by atoms with Gasteiger partial charge < -0.3 is 10.1 Å². The first-order valence-corrected chi connectivity index (χ1v) is 8.73. The molecule has 0 aliphatic carbocycles. The molecule has 1 fully saturated rings. The van der Waals surface area contributed by atoms with Gasteiger partial charge in [-0.3, -0.25) is 4.79 Å². The van der Waals surface area contributed by atoms with Crippen LogP contribution in [0.25, 0.3) is 0 Å². The van der Waals surface area contributed by atoms with Crippen molar-refractivity contribution in [3.8, 4) is 0 Å². The lowest BCUT2D eigenvalue weighted by molar-refractivity contribution is 0.0128. The van der Waals surface area contributed by atoms with Gasteiger partial charge >= 0.3 is 0 Å². The fourth-order valence-electron chi connectivity index (χ4n) is 2.68. The molecule has 118 valence electrons. The second-order valence-corrected chi connectivity index (χ2v) is 7.32. The third-order valence-electron chi connectivity index (χ3n) is 4.29. The minimum atomic E-state index is -0.0411. The topological polar surface area (TPSA) is 51.2 Å². The molecular weight excluding hydrogens is 284 g/mol. The highest BCUT2D eigenvalue weighted by Gasteiger charge is 2.31. The minimum Gasteiger partial charge on any atom is -0.381 e. The Bertz CT molecular complexity index is 465. The maximum atomic E-state index is 12.2. The summed E-state index contributed by atoms with van der Waals surface area (Å²) in [6, 6.07) is 0. The Hall–Kier alpha value is -0.940. The molecule has 0 bridgehead atoms. The first kappa shape index (κ1) is 16.4. The molecule has 1 aromatic heterocycles. The zero-order valence-corrected chi connectivity index (χ0v) is 14.1. The Morgan fingerprint density at radius 1 is 1.48 bits per heavy atom. The van der Waals surface area contributed by atoms with E-state index < -0.39 is 0 Å². The number of rotatable bonds is 6. The summed E-state index contributed by atoms with van der Waals surface area (Å²) in [4.78, 5) is 16.7. The fraction of sp³-hybridized carbons (Fsp3) is 0.750. The Labute approximate surface area is 131 Å². The van der Waals surface area contributed by atoms with Gasteiger partial charge in [-0.1, -0.05) is 20.8 Å². The third kappa shape index (κ3) is 4.51. The lowest BCUT2D eigenvalue weighted by atomic mass is 9.78. The fourth-order valence-corrected chi connectivity index (χ4v) is 3.66. The number of nitrogens with one attached hydrogen (secondary N) is 1. The highest BCUT2D eigenvalue weighted by molar-refractivity contribution is 7.09. The smallest absolute Gasteiger partial charge is 0.270 e. The first-order valence-electron chi connectivity index (χ1n) is 7.85. The van der Waals surface area contributed by atoms with Crippen molar-refractivity contribution in [2.24, 2.45) is 11.3 Å². The van der Waals surface area contributed by atoms with E-state index in [0.29, 0.717) is 11.6 Å². The van der Waals surface area contributed by atoms with E-state index in [1.54, 1.807) is 11.3 Å². The summed E-state index contributed by atoms with van der Waals surface area (Å²) >= 11 is 1.58. The van der Waals surface area contributed by atoms with Gasteiger partial charge in [-0.2, -0.15) is 0 Å². The van der Waals surface area contributed by atoms with E-state index in [0.717, 1.165) is 50.4 Å². The monoisotopic (exact) mass is 310 g/mol. The molecule has 4 nitrogen and oxygen atoms in total. The van der Waals surface area contributed by atoms with E-state index in [-0.39, 0.29) is 11.3 Å². The predicted molar refractivity (Wildman–Crippen MR) is 85.8 cm³/mol. The number of thiazole rings is 1. The van der Waals surface area contributed by atoms with Gasteiger partial charge in [0.1, 0.15) is 5.69 Å². The summed E-state index contributed by atoms with van der Waals surface area (Å²) in [5.41, 5.74) is 0.763. The van der Waals surface area contributed by atoms with Gasteiger partial charge in [-0.15, -0.1) is 11.3 Å². The van der Waals surface area contributed by atoms with E-state index in [1.807, 2.05) is 5.38 Å². The lowest BCUT2D eigenvalue weighted by Crippen LogP contribution is -2.41. The number of aromatic nitrogens is 1. The molecule has 2 rings (SSSR count). The van der Waals surface area contributed by atoms with Gasteiger partial charge in [0.2, 0.25) is 0 Å². The van der Waals surface area contributed by atoms with E-state index in [2.05, 4.69) is 31.1 Å². The van der Waals surface area contributed by atoms with Gasteiger partial charge in [-0.05, 0) is 30.6 Å². The average Bonchev–Trinajstić information content (AvgIpc) is 2.93. The Morgan fingerprint density at radius 3 is 2.81 bits per heavy atom. The molecule has 0 unspecified atom stereocenters. The molecule has 1 amide bonds. The molecule has 0 saturated carbocycles.